The number of hydrogen-bond donors (Lipinski definition) is 2. The summed E-state index contributed by atoms with van der Waals surface area (Å²) in [6, 6.07) is 0.245. The second-order valence-electron chi connectivity index (χ2n) is 5.02. The van der Waals surface area contributed by atoms with Crippen LogP contribution in [0.3, 0.4) is 0 Å². The lowest BCUT2D eigenvalue weighted by molar-refractivity contribution is -0.137. The third kappa shape index (κ3) is 2.54. The molecule has 2 fully saturated rings. The van der Waals surface area contributed by atoms with E-state index in [1.54, 1.807) is 0 Å². The minimum Gasteiger partial charge on any atom is -0.481 e. The maximum Gasteiger partial charge on any atom is 0.303 e. The molecule has 4 heteroatoms. The van der Waals surface area contributed by atoms with Gasteiger partial charge in [-0.05, 0) is 37.5 Å². The van der Waals surface area contributed by atoms with Crippen LogP contribution in [0.1, 0.15) is 44.9 Å². The van der Waals surface area contributed by atoms with Gasteiger partial charge in [0.25, 0.3) is 0 Å². The third-order valence-electron chi connectivity index (χ3n) is 3.96. The van der Waals surface area contributed by atoms with Crippen molar-refractivity contribution in [3.63, 3.8) is 0 Å². The van der Waals surface area contributed by atoms with Gasteiger partial charge in [0.15, 0.2) is 0 Å². The molecule has 1 amide bonds. The summed E-state index contributed by atoms with van der Waals surface area (Å²) < 4.78 is 0. The molecule has 2 rings (SSSR count). The first kappa shape index (κ1) is 11.4. The Morgan fingerprint density at radius 3 is 2.94 bits per heavy atom. The van der Waals surface area contributed by atoms with Crippen LogP contribution in [0.15, 0.2) is 0 Å². The molecule has 1 heterocycles. The molecule has 0 aromatic heterocycles. The quantitative estimate of drug-likeness (QED) is 0.765. The van der Waals surface area contributed by atoms with E-state index in [1.807, 2.05) is 0 Å². The van der Waals surface area contributed by atoms with Gasteiger partial charge in [0.1, 0.15) is 0 Å². The van der Waals surface area contributed by atoms with Crippen LogP contribution < -0.4 is 5.32 Å². The second-order valence-corrected chi connectivity index (χ2v) is 5.02. The Labute approximate surface area is 95.4 Å². The first-order chi connectivity index (χ1) is 7.66. The summed E-state index contributed by atoms with van der Waals surface area (Å²) in [5.74, 6) is 0.372. The normalized spacial score (nSPS) is 34.0. The number of fused-ring (bicyclic) bond motifs is 1. The average molecular weight is 225 g/mol. The van der Waals surface area contributed by atoms with E-state index in [1.165, 1.54) is 12.8 Å². The number of rotatable bonds is 3. The predicted octanol–water partition coefficient (Wildman–Crippen LogP) is 1.55. The van der Waals surface area contributed by atoms with Gasteiger partial charge >= 0.3 is 5.97 Å². The number of nitrogens with one attached hydrogen (secondary N) is 1. The van der Waals surface area contributed by atoms with E-state index in [4.69, 9.17) is 5.11 Å². The summed E-state index contributed by atoms with van der Waals surface area (Å²) in [6.45, 7) is 0. The summed E-state index contributed by atoms with van der Waals surface area (Å²) in [7, 11) is 0. The van der Waals surface area contributed by atoms with Gasteiger partial charge < -0.3 is 10.4 Å². The number of carboxylic acids is 1. The number of aliphatic carboxylic acids is 1. The van der Waals surface area contributed by atoms with Crippen molar-refractivity contribution in [2.45, 2.75) is 51.0 Å². The molecule has 1 aliphatic heterocycles. The summed E-state index contributed by atoms with van der Waals surface area (Å²) >= 11 is 0. The van der Waals surface area contributed by atoms with Crippen LogP contribution in [-0.2, 0) is 9.59 Å². The molecule has 3 atom stereocenters. The molecular formula is C12H19NO3. The molecule has 4 nitrogen and oxygen atoms in total. The molecule has 1 saturated carbocycles. The van der Waals surface area contributed by atoms with E-state index < -0.39 is 5.97 Å². The number of carbonyl (C=O) groups is 2. The average Bonchev–Trinajstić information content (AvgIpc) is 2.26. The summed E-state index contributed by atoms with van der Waals surface area (Å²) in [5, 5.41) is 11.8. The molecule has 0 aromatic rings. The standard InChI is InChI=1S/C12H19NO3/c14-10-6-4-8-2-1-3-9(12(8)13-10)5-7-11(15)16/h8-9,12H,1-7H2,(H,13,14)(H,15,16). The Balaban J connectivity index is 1.95. The fourth-order valence-corrected chi connectivity index (χ4v) is 3.15. The van der Waals surface area contributed by atoms with Crippen LogP contribution in [0.2, 0.25) is 0 Å². The lowest BCUT2D eigenvalue weighted by Crippen LogP contribution is -2.51. The fraction of sp³-hybridized carbons (Fsp3) is 0.833. The van der Waals surface area contributed by atoms with Crippen LogP contribution in [0.25, 0.3) is 0 Å². The van der Waals surface area contributed by atoms with Crippen molar-refractivity contribution < 1.29 is 14.7 Å². The van der Waals surface area contributed by atoms with Crippen molar-refractivity contribution in [2.24, 2.45) is 11.8 Å². The Bertz CT molecular complexity index is 290. The highest BCUT2D eigenvalue weighted by Crippen LogP contribution is 2.36. The molecule has 2 N–H and O–H groups in total. The minimum absolute atomic E-state index is 0.142. The molecule has 0 aromatic carbocycles. The van der Waals surface area contributed by atoms with Crippen LogP contribution in [0.4, 0.5) is 0 Å². The highest BCUT2D eigenvalue weighted by Gasteiger charge is 2.36. The Hall–Kier alpha value is -1.06. The molecule has 0 bridgehead atoms. The fourth-order valence-electron chi connectivity index (χ4n) is 3.15. The summed E-state index contributed by atoms with van der Waals surface area (Å²) in [6.07, 6.45) is 6.00. The smallest absolute Gasteiger partial charge is 0.303 e. The van der Waals surface area contributed by atoms with Gasteiger partial charge in [-0.1, -0.05) is 6.42 Å². The summed E-state index contributed by atoms with van der Waals surface area (Å²) in [4.78, 5) is 22.0. The largest absolute Gasteiger partial charge is 0.481 e. The number of carboxylic acid groups (broad SMARTS) is 1. The first-order valence-electron chi connectivity index (χ1n) is 6.18. The maximum atomic E-state index is 11.4. The van der Waals surface area contributed by atoms with Gasteiger partial charge in [0.2, 0.25) is 5.91 Å². The van der Waals surface area contributed by atoms with Gasteiger partial charge in [-0.15, -0.1) is 0 Å². The number of hydrogen-bond acceptors (Lipinski definition) is 2. The van der Waals surface area contributed by atoms with E-state index >= 15 is 0 Å². The van der Waals surface area contributed by atoms with E-state index in [0.29, 0.717) is 24.7 Å². The zero-order chi connectivity index (χ0) is 11.5. The third-order valence-corrected chi connectivity index (χ3v) is 3.96. The molecule has 0 radical (unpaired) electrons. The van der Waals surface area contributed by atoms with Crippen LogP contribution >= 0.6 is 0 Å². The Kier molecular flexibility index (Phi) is 3.46. The van der Waals surface area contributed by atoms with Crippen molar-refractivity contribution in [3.8, 4) is 0 Å². The molecule has 3 unspecified atom stereocenters. The molecule has 1 aliphatic carbocycles. The lowest BCUT2D eigenvalue weighted by Gasteiger charge is -2.41. The molecule has 1 saturated heterocycles. The van der Waals surface area contributed by atoms with Crippen LogP contribution in [0, 0.1) is 11.8 Å². The lowest BCUT2D eigenvalue weighted by atomic mass is 9.71. The summed E-state index contributed by atoms with van der Waals surface area (Å²) in [5.41, 5.74) is 0. The van der Waals surface area contributed by atoms with E-state index in [-0.39, 0.29) is 18.4 Å². The Morgan fingerprint density at radius 1 is 1.38 bits per heavy atom. The topological polar surface area (TPSA) is 66.4 Å². The van der Waals surface area contributed by atoms with Crippen molar-refractivity contribution in [2.75, 3.05) is 0 Å². The van der Waals surface area contributed by atoms with Crippen LogP contribution in [-0.4, -0.2) is 23.0 Å². The predicted molar refractivity (Wildman–Crippen MR) is 58.9 cm³/mol. The van der Waals surface area contributed by atoms with Crippen molar-refractivity contribution in [3.05, 3.63) is 0 Å². The highest BCUT2D eigenvalue weighted by atomic mass is 16.4. The van der Waals surface area contributed by atoms with Crippen molar-refractivity contribution in [1.29, 1.82) is 0 Å². The zero-order valence-electron chi connectivity index (χ0n) is 9.45. The van der Waals surface area contributed by atoms with Gasteiger partial charge in [-0.2, -0.15) is 0 Å². The van der Waals surface area contributed by atoms with E-state index in [9.17, 15) is 9.59 Å². The molecular weight excluding hydrogens is 206 g/mol. The zero-order valence-corrected chi connectivity index (χ0v) is 9.45. The molecule has 0 spiro atoms. The number of piperidine rings is 1. The van der Waals surface area contributed by atoms with Gasteiger partial charge in [-0.25, -0.2) is 0 Å². The molecule has 16 heavy (non-hydrogen) atoms. The Morgan fingerprint density at radius 2 is 2.19 bits per heavy atom. The second kappa shape index (κ2) is 4.85. The van der Waals surface area contributed by atoms with Crippen LogP contribution in [0.5, 0.6) is 0 Å². The van der Waals surface area contributed by atoms with Gasteiger partial charge in [0, 0.05) is 18.9 Å². The van der Waals surface area contributed by atoms with E-state index in [0.717, 1.165) is 12.8 Å². The highest BCUT2D eigenvalue weighted by molar-refractivity contribution is 5.77. The van der Waals surface area contributed by atoms with Gasteiger partial charge in [-0.3, -0.25) is 9.59 Å². The SMILES string of the molecule is O=C(O)CCC1CCCC2CCC(=O)NC12. The van der Waals surface area contributed by atoms with E-state index in [2.05, 4.69) is 5.32 Å². The minimum atomic E-state index is -0.732. The monoisotopic (exact) mass is 225 g/mol. The molecule has 90 valence electrons. The number of amides is 1. The van der Waals surface area contributed by atoms with Crippen molar-refractivity contribution in [1.82, 2.24) is 5.32 Å². The number of carbonyl (C=O) groups excluding carboxylic acids is 1. The molecule has 2 aliphatic rings. The van der Waals surface area contributed by atoms with Gasteiger partial charge in [0.05, 0.1) is 0 Å². The maximum absolute atomic E-state index is 11.4. The van der Waals surface area contributed by atoms with Crippen molar-refractivity contribution >= 4 is 11.9 Å². The first-order valence-corrected chi connectivity index (χ1v) is 6.18.